The van der Waals surface area contributed by atoms with E-state index >= 15 is 0 Å². The van der Waals surface area contributed by atoms with Gasteiger partial charge >= 0.3 is 0 Å². The van der Waals surface area contributed by atoms with Gasteiger partial charge in [0.05, 0.1) is 16.4 Å². The van der Waals surface area contributed by atoms with Crippen LogP contribution >= 0.6 is 24.2 Å². The number of aromatic hydroxyl groups is 1. The molecule has 6 nitrogen and oxygen atoms in total. The Bertz CT molecular complexity index is 519. The standard InChI is InChI=1S/C10H11ClN4O2S/c1-2-8(16)13-7-4-5(14-15-10(12)18)3-6(11)9(7)17/h3-4,17H,2H2,1H3,(H2,12,18)(H,13,16)/b15-14+. The van der Waals surface area contributed by atoms with E-state index in [2.05, 4.69) is 28.2 Å². The van der Waals surface area contributed by atoms with Gasteiger partial charge in [-0.05, 0) is 12.1 Å². The van der Waals surface area contributed by atoms with Crippen molar-refractivity contribution in [1.29, 1.82) is 5.41 Å². The van der Waals surface area contributed by atoms with E-state index in [-0.39, 0.29) is 34.0 Å². The van der Waals surface area contributed by atoms with Gasteiger partial charge in [-0.2, -0.15) is 0 Å². The molecule has 0 radical (unpaired) electrons. The van der Waals surface area contributed by atoms with Crippen LogP contribution in [-0.4, -0.2) is 16.2 Å². The molecule has 8 heteroatoms. The molecule has 0 aliphatic heterocycles. The number of nitrogens with one attached hydrogen (secondary N) is 2. The maximum atomic E-state index is 11.3. The summed E-state index contributed by atoms with van der Waals surface area (Å²) in [5.41, 5.74) is 0.442. The number of phenols is 1. The Morgan fingerprint density at radius 1 is 1.61 bits per heavy atom. The molecule has 0 unspecified atom stereocenters. The van der Waals surface area contributed by atoms with Gasteiger partial charge in [0, 0.05) is 6.42 Å². The summed E-state index contributed by atoms with van der Waals surface area (Å²) < 4.78 is 0. The lowest BCUT2D eigenvalue weighted by atomic mass is 10.2. The summed E-state index contributed by atoms with van der Waals surface area (Å²) in [6.07, 6.45) is 0.268. The third kappa shape index (κ3) is 4.01. The van der Waals surface area contributed by atoms with Crippen LogP contribution in [0, 0.1) is 5.41 Å². The Hall–Kier alpha value is -1.60. The van der Waals surface area contributed by atoms with Gasteiger partial charge in [0.15, 0.2) is 10.9 Å². The molecule has 18 heavy (non-hydrogen) atoms. The largest absolute Gasteiger partial charge is 0.504 e. The van der Waals surface area contributed by atoms with Crippen LogP contribution in [0.5, 0.6) is 5.75 Å². The highest BCUT2D eigenvalue weighted by Crippen LogP contribution is 2.36. The summed E-state index contributed by atoms with van der Waals surface area (Å²) in [7, 11) is 0. The Morgan fingerprint density at radius 2 is 2.28 bits per heavy atom. The van der Waals surface area contributed by atoms with Crippen molar-refractivity contribution in [3.63, 3.8) is 0 Å². The molecule has 0 bridgehead atoms. The number of azo groups is 1. The van der Waals surface area contributed by atoms with Crippen LogP contribution in [0.25, 0.3) is 0 Å². The summed E-state index contributed by atoms with van der Waals surface area (Å²) in [6.45, 7) is 1.68. The number of thiol groups is 1. The van der Waals surface area contributed by atoms with Gasteiger partial charge in [-0.15, -0.1) is 22.9 Å². The zero-order chi connectivity index (χ0) is 13.7. The first-order chi connectivity index (χ1) is 8.43. The Kier molecular flexibility index (Phi) is 5.11. The summed E-state index contributed by atoms with van der Waals surface area (Å²) in [5, 5.41) is 26.0. The molecule has 0 aliphatic rings. The Balaban J connectivity index is 3.10. The predicted octanol–water partition coefficient (Wildman–Crippen LogP) is 3.34. The van der Waals surface area contributed by atoms with E-state index in [9.17, 15) is 9.90 Å². The lowest BCUT2D eigenvalue weighted by Crippen LogP contribution is -2.09. The summed E-state index contributed by atoms with van der Waals surface area (Å²) in [4.78, 5) is 11.3. The molecule has 0 atom stereocenters. The van der Waals surface area contributed by atoms with Gasteiger partial charge in [-0.1, -0.05) is 18.5 Å². The number of benzene rings is 1. The number of nitrogens with zero attached hydrogens (tertiary/aromatic N) is 2. The second-order valence-corrected chi connectivity index (χ2v) is 4.08. The van der Waals surface area contributed by atoms with Crippen LogP contribution in [0.1, 0.15) is 13.3 Å². The highest BCUT2D eigenvalue weighted by Gasteiger charge is 2.10. The SMILES string of the molecule is CCC(=O)Nc1cc(/N=N/C(=N)S)cc(Cl)c1O. The first kappa shape index (κ1) is 14.5. The van der Waals surface area contributed by atoms with E-state index in [1.54, 1.807) is 6.92 Å². The molecule has 0 heterocycles. The van der Waals surface area contributed by atoms with Crippen LogP contribution in [-0.2, 0) is 4.79 Å². The number of hydrogen-bond acceptors (Lipinski definition) is 4. The molecule has 0 aliphatic carbocycles. The van der Waals surface area contributed by atoms with Gasteiger partial charge < -0.3 is 10.4 Å². The molecule has 0 spiro atoms. The predicted molar refractivity (Wildman–Crippen MR) is 73.3 cm³/mol. The minimum Gasteiger partial charge on any atom is -0.504 e. The summed E-state index contributed by atoms with van der Waals surface area (Å²) in [5.74, 6) is -0.504. The van der Waals surface area contributed by atoms with Crippen molar-refractivity contribution in [1.82, 2.24) is 0 Å². The molecule has 0 aromatic heterocycles. The first-order valence-electron chi connectivity index (χ1n) is 4.95. The number of anilines is 1. The van der Waals surface area contributed by atoms with Crippen LogP contribution in [0.15, 0.2) is 22.4 Å². The van der Waals surface area contributed by atoms with Crippen LogP contribution in [0.2, 0.25) is 5.02 Å². The van der Waals surface area contributed by atoms with Gasteiger partial charge in [0.1, 0.15) is 0 Å². The number of phenolic OH excluding ortho intramolecular Hbond substituents is 1. The summed E-state index contributed by atoms with van der Waals surface area (Å²) >= 11 is 9.43. The van der Waals surface area contributed by atoms with E-state index < -0.39 is 0 Å². The average Bonchev–Trinajstić information content (AvgIpc) is 2.32. The fourth-order valence-corrected chi connectivity index (χ4v) is 1.34. The number of amides is 1. The lowest BCUT2D eigenvalue weighted by Gasteiger charge is -2.08. The first-order valence-corrected chi connectivity index (χ1v) is 5.78. The van der Waals surface area contributed by atoms with Crippen molar-refractivity contribution in [2.24, 2.45) is 10.2 Å². The number of hydrogen-bond donors (Lipinski definition) is 4. The topological polar surface area (TPSA) is 97.9 Å². The monoisotopic (exact) mass is 286 g/mol. The molecule has 1 rings (SSSR count). The van der Waals surface area contributed by atoms with Crippen molar-refractivity contribution in [3.8, 4) is 5.75 Å². The molecular weight excluding hydrogens is 276 g/mol. The third-order valence-corrected chi connectivity index (χ3v) is 2.28. The highest BCUT2D eigenvalue weighted by atomic mass is 35.5. The molecule has 1 aromatic rings. The van der Waals surface area contributed by atoms with Gasteiger partial charge in [0.25, 0.3) is 0 Å². The quantitative estimate of drug-likeness (QED) is 0.225. The Morgan fingerprint density at radius 3 is 2.83 bits per heavy atom. The minimum absolute atomic E-state index is 0.0311. The van der Waals surface area contributed by atoms with Crippen molar-refractivity contribution < 1.29 is 9.90 Å². The number of halogens is 1. The van der Waals surface area contributed by atoms with Crippen LogP contribution in [0.4, 0.5) is 11.4 Å². The molecule has 0 saturated heterocycles. The number of amidine groups is 1. The highest BCUT2D eigenvalue weighted by molar-refractivity contribution is 7.96. The van der Waals surface area contributed by atoms with Gasteiger partial charge in [-0.3, -0.25) is 10.2 Å². The number of carbonyl (C=O) groups excluding carboxylic acids is 1. The van der Waals surface area contributed by atoms with Crippen molar-refractivity contribution in [2.75, 3.05) is 5.32 Å². The average molecular weight is 287 g/mol. The maximum Gasteiger partial charge on any atom is 0.224 e. The third-order valence-electron chi connectivity index (χ3n) is 1.90. The second-order valence-electron chi connectivity index (χ2n) is 3.25. The van der Waals surface area contributed by atoms with E-state index in [1.165, 1.54) is 12.1 Å². The smallest absolute Gasteiger partial charge is 0.224 e. The normalized spacial score (nSPS) is 10.6. The van der Waals surface area contributed by atoms with Gasteiger partial charge in [0.2, 0.25) is 5.91 Å². The molecule has 96 valence electrons. The van der Waals surface area contributed by atoms with E-state index in [4.69, 9.17) is 17.0 Å². The molecule has 1 aromatic carbocycles. The van der Waals surface area contributed by atoms with E-state index in [0.717, 1.165) is 0 Å². The molecule has 3 N–H and O–H groups in total. The van der Waals surface area contributed by atoms with Crippen LogP contribution in [0.3, 0.4) is 0 Å². The lowest BCUT2D eigenvalue weighted by molar-refractivity contribution is -0.115. The zero-order valence-electron chi connectivity index (χ0n) is 9.44. The second kappa shape index (κ2) is 6.36. The molecule has 1 amide bonds. The molecule has 0 saturated carbocycles. The molecular formula is C10H11ClN4O2S. The minimum atomic E-state index is -0.266. The number of carbonyl (C=O) groups is 1. The Labute approximate surface area is 114 Å². The number of rotatable bonds is 3. The fourth-order valence-electron chi connectivity index (χ4n) is 1.08. The maximum absolute atomic E-state index is 11.3. The fraction of sp³-hybridized carbons (Fsp3) is 0.200. The van der Waals surface area contributed by atoms with Gasteiger partial charge in [-0.25, -0.2) is 0 Å². The van der Waals surface area contributed by atoms with Crippen LogP contribution < -0.4 is 5.32 Å². The van der Waals surface area contributed by atoms with Crippen molar-refractivity contribution in [2.45, 2.75) is 13.3 Å². The van der Waals surface area contributed by atoms with E-state index in [0.29, 0.717) is 5.69 Å². The van der Waals surface area contributed by atoms with E-state index in [1.807, 2.05) is 0 Å². The summed E-state index contributed by atoms with van der Waals surface area (Å²) in [6, 6.07) is 2.76. The molecule has 0 fully saturated rings. The zero-order valence-corrected chi connectivity index (χ0v) is 11.1. The van der Waals surface area contributed by atoms with Crippen molar-refractivity contribution >= 4 is 46.7 Å². The van der Waals surface area contributed by atoms with Crippen molar-refractivity contribution in [3.05, 3.63) is 17.2 Å².